The predicted octanol–water partition coefficient (Wildman–Crippen LogP) is 1.75. The number of aromatic amines is 1. The van der Waals surface area contributed by atoms with Crippen molar-refractivity contribution >= 4 is 5.91 Å². The molecule has 21 heavy (non-hydrogen) atoms. The predicted molar refractivity (Wildman–Crippen MR) is 78.7 cm³/mol. The molecule has 2 aromatic rings. The minimum absolute atomic E-state index is 0.134. The lowest BCUT2D eigenvalue weighted by atomic mass is 9.92. The largest absolute Gasteiger partial charge is 0.348 e. The number of carbonyl (C=O) groups excluding carboxylic acids is 1. The van der Waals surface area contributed by atoms with Gasteiger partial charge in [0.05, 0.1) is 6.33 Å². The van der Waals surface area contributed by atoms with Crippen molar-refractivity contribution in [3.8, 4) is 0 Å². The first kappa shape index (κ1) is 13.9. The van der Waals surface area contributed by atoms with E-state index < -0.39 is 5.54 Å². The number of H-pyrrole nitrogens is 1. The summed E-state index contributed by atoms with van der Waals surface area (Å²) >= 11 is 0. The van der Waals surface area contributed by atoms with E-state index in [4.69, 9.17) is 0 Å². The molecule has 6 heteroatoms. The Kier molecular flexibility index (Phi) is 3.53. The summed E-state index contributed by atoms with van der Waals surface area (Å²) in [5, 5.41) is 4.22. The molecule has 1 N–H and O–H groups in total. The summed E-state index contributed by atoms with van der Waals surface area (Å²) in [7, 11) is 0. The zero-order valence-corrected chi connectivity index (χ0v) is 12.5. The van der Waals surface area contributed by atoms with Crippen LogP contribution in [0, 0.1) is 0 Å². The number of rotatable bonds is 3. The van der Waals surface area contributed by atoms with E-state index in [-0.39, 0.29) is 5.91 Å². The van der Waals surface area contributed by atoms with Crippen molar-refractivity contribution in [1.29, 1.82) is 0 Å². The van der Waals surface area contributed by atoms with Gasteiger partial charge in [-0.1, -0.05) is 0 Å². The van der Waals surface area contributed by atoms with Crippen molar-refractivity contribution in [3.63, 3.8) is 0 Å². The van der Waals surface area contributed by atoms with E-state index >= 15 is 0 Å². The molecule has 2 aromatic heterocycles. The summed E-state index contributed by atoms with van der Waals surface area (Å²) in [5.74, 6) is 0.610. The van der Waals surface area contributed by atoms with Crippen molar-refractivity contribution in [2.45, 2.75) is 38.1 Å². The minimum Gasteiger partial charge on any atom is -0.348 e. The third kappa shape index (κ3) is 2.57. The Morgan fingerprint density at radius 1 is 1.38 bits per heavy atom. The van der Waals surface area contributed by atoms with Gasteiger partial charge in [0.1, 0.15) is 5.54 Å². The quantitative estimate of drug-likeness (QED) is 0.935. The lowest BCUT2D eigenvalue weighted by molar-refractivity contribution is -0.140. The fourth-order valence-corrected chi connectivity index (χ4v) is 2.97. The number of amides is 1. The standard InChI is InChI=1S/C15H21N5O/c1-15(2,20-7-3-6-18-20)14(21)19-8-4-12(5-9-19)13-10-16-11-17-13/h3,6-7,10-12H,4-5,8-9H2,1-2H3,(H,16,17). The van der Waals surface area contributed by atoms with E-state index in [2.05, 4.69) is 15.1 Å². The lowest BCUT2D eigenvalue weighted by Crippen LogP contribution is -2.49. The molecule has 0 bridgehead atoms. The molecule has 0 saturated carbocycles. The summed E-state index contributed by atoms with van der Waals surface area (Å²) in [6, 6.07) is 1.85. The molecule has 1 aliphatic rings. The number of piperidine rings is 1. The number of nitrogens with one attached hydrogen (secondary N) is 1. The van der Waals surface area contributed by atoms with Crippen LogP contribution in [0.15, 0.2) is 31.0 Å². The Balaban J connectivity index is 1.65. The third-order valence-electron chi connectivity index (χ3n) is 4.34. The van der Waals surface area contributed by atoms with E-state index in [1.807, 2.05) is 37.2 Å². The molecule has 0 radical (unpaired) electrons. The molecule has 1 saturated heterocycles. The molecular weight excluding hydrogens is 266 g/mol. The second kappa shape index (κ2) is 5.35. The highest BCUT2D eigenvalue weighted by Crippen LogP contribution is 2.28. The molecule has 1 amide bonds. The highest BCUT2D eigenvalue weighted by Gasteiger charge is 2.36. The van der Waals surface area contributed by atoms with Gasteiger partial charge in [0.25, 0.3) is 0 Å². The van der Waals surface area contributed by atoms with Gasteiger partial charge in [-0.25, -0.2) is 4.98 Å². The molecule has 0 atom stereocenters. The summed E-state index contributed by atoms with van der Waals surface area (Å²) in [6.45, 7) is 5.41. The van der Waals surface area contributed by atoms with Crippen LogP contribution in [0.3, 0.4) is 0 Å². The first-order valence-electron chi connectivity index (χ1n) is 7.37. The summed E-state index contributed by atoms with van der Waals surface area (Å²) in [5.41, 5.74) is 0.540. The molecule has 112 valence electrons. The second-order valence-corrected chi connectivity index (χ2v) is 6.08. The minimum atomic E-state index is -0.635. The molecule has 6 nitrogen and oxygen atoms in total. The number of nitrogens with zero attached hydrogens (tertiary/aromatic N) is 4. The van der Waals surface area contributed by atoms with Crippen LogP contribution in [0.2, 0.25) is 0 Å². The van der Waals surface area contributed by atoms with Gasteiger partial charge < -0.3 is 9.88 Å². The van der Waals surface area contributed by atoms with Gasteiger partial charge >= 0.3 is 0 Å². The average Bonchev–Trinajstić information content (AvgIpc) is 3.19. The maximum Gasteiger partial charge on any atom is 0.249 e. The van der Waals surface area contributed by atoms with Crippen LogP contribution in [0.25, 0.3) is 0 Å². The van der Waals surface area contributed by atoms with E-state index in [1.54, 1.807) is 17.2 Å². The summed E-state index contributed by atoms with van der Waals surface area (Å²) < 4.78 is 1.73. The molecule has 1 fully saturated rings. The van der Waals surface area contributed by atoms with Crippen molar-refractivity contribution in [3.05, 3.63) is 36.7 Å². The van der Waals surface area contributed by atoms with Crippen LogP contribution in [0.4, 0.5) is 0 Å². The molecule has 0 unspecified atom stereocenters. The Labute approximate surface area is 124 Å². The van der Waals surface area contributed by atoms with Crippen LogP contribution in [-0.2, 0) is 10.3 Å². The van der Waals surface area contributed by atoms with E-state index in [0.717, 1.165) is 25.9 Å². The number of hydrogen-bond acceptors (Lipinski definition) is 3. The van der Waals surface area contributed by atoms with Gasteiger partial charge in [-0.2, -0.15) is 5.10 Å². The van der Waals surface area contributed by atoms with Crippen molar-refractivity contribution in [2.75, 3.05) is 13.1 Å². The highest BCUT2D eigenvalue weighted by atomic mass is 16.2. The fraction of sp³-hybridized carbons (Fsp3) is 0.533. The smallest absolute Gasteiger partial charge is 0.249 e. The average molecular weight is 287 g/mol. The summed E-state index contributed by atoms with van der Waals surface area (Å²) in [4.78, 5) is 22.0. The third-order valence-corrected chi connectivity index (χ3v) is 4.34. The highest BCUT2D eigenvalue weighted by molar-refractivity contribution is 5.83. The van der Waals surface area contributed by atoms with Crippen LogP contribution in [-0.4, -0.2) is 43.6 Å². The van der Waals surface area contributed by atoms with E-state index in [9.17, 15) is 4.79 Å². The molecular formula is C15H21N5O. The topological polar surface area (TPSA) is 66.8 Å². The first-order valence-corrected chi connectivity index (χ1v) is 7.37. The molecule has 0 aliphatic carbocycles. The second-order valence-electron chi connectivity index (χ2n) is 6.08. The zero-order valence-electron chi connectivity index (χ0n) is 12.5. The van der Waals surface area contributed by atoms with Gasteiger partial charge in [-0.05, 0) is 32.8 Å². The number of aromatic nitrogens is 4. The van der Waals surface area contributed by atoms with Crippen LogP contribution in [0.5, 0.6) is 0 Å². The molecule has 0 spiro atoms. The van der Waals surface area contributed by atoms with Gasteiger partial charge in [-0.15, -0.1) is 0 Å². The van der Waals surface area contributed by atoms with Gasteiger partial charge in [0, 0.05) is 43.3 Å². The number of carbonyl (C=O) groups is 1. The Bertz CT molecular complexity index is 580. The van der Waals surface area contributed by atoms with Gasteiger partial charge in [0.15, 0.2) is 0 Å². The number of likely N-dealkylation sites (tertiary alicyclic amines) is 1. The zero-order chi connectivity index (χ0) is 14.9. The molecule has 3 rings (SSSR count). The normalized spacial score (nSPS) is 17.1. The van der Waals surface area contributed by atoms with Gasteiger partial charge in [-0.3, -0.25) is 9.48 Å². The maximum atomic E-state index is 12.8. The Morgan fingerprint density at radius 2 is 2.14 bits per heavy atom. The van der Waals surface area contributed by atoms with E-state index in [0.29, 0.717) is 5.92 Å². The molecule has 3 heterocycles. The van der Waals surface area contributed by atoms with Crippen LogP contribution < -0.4 is 0 Å². The van der Waals surface area contributed by atoms with Crippen molar-refractivity contribution in [2.24, 2.45) is 0 Å². The Morgan fingerprint density at radius 3 is 2.71 bits per heavy atom. The SMILES string of the molecule is CC(C)(C(=O)N1CCC(c2cnc[nH]2)CC1)n1cccn1. The molecule has 0 aromatic carbocycles. The lowest BCUT2D eigenvalue weighted by Gasteiger charge is -2.36. The summed E-state index contributed by atoms with van der Waals surface area (Å²) in [6.07, 6.45) is 9.10. The Hall–Kier alpha value is -2.11. The van der Waals surface area contributed by atoms with E-state index in [1.165, 1.54) is 5.69 Å². The molecule has 1 aliphatic heterocycles. The van der Waals surface area contributed by atoms with Crippen LogP contribution in [0.1, 0.15) is 38.3 Å². The van der Waals surface area contributed by atoms with Crippen molar-refractivity contribution < 1.29 is 4.79 Å². The van der Waals surface area contributed by atoms with Crippen molar-refractivity contribution in [1.82, 2.24) is 24.6 Å². The number of hydrogen-bond donors (Lipinski definition) is 1. The van der Waals surface area contributed by atoms with Crippen LogP contribution >= 0.6 is 0 Å². The monoisotopic (exact) mass is 287 g/mol. The number of imidazole rings is 1. The van der Waals surface area contributed by atoms with Gasteiger partial charge in [0.2, 0.25) is 5.91 Å². The first-order chi connectivity index (χ1) is 10.1. The maximum absolute atomic E-state index is 12.8. The fourth-order valence-electron chi connectivity index (χ4n) is 2.97.